The largest absolute Gasteiger partial charge is 0.507 e. The molecule has 3 aromatic carbocycles. The number of sulfone groups is 1. The minimum absolute atomic E-state index is 0.00965. The number of carboxylic acids is 1. The van der Waals surface area contributed by atoms with Crippen molar-refractivity contribution < 1.29 is 42.5 Å². The van der Waals surface area contributed by atoms with Crippen molar-refractivity contribution in [1.29, 1.82) is 0 Å². The number of aromatic hydroxyl groups is 1. The molecule has 1 aliphatic heterocycles. The molecule has 0 fully saturated rings. The van der Waals surface area contributed by atoms with E-state index >= 15 is 0 Å². The fourth-order valence-corrected chi connectivity index (χ4v) is 5.21. The van der Waals surface area contributed by atoms with E-state index in [0.717, 1.165) is 23.3 Å². The summed E-state index contributed by atoms with van der Waals surface area (Å²) in [5.74, 6) is -3.12. The number of benzene rings is 3. The number of nitrogens with zero attached hydrogens (tertiary/aromatic N) is 3. The van der Waals surface area contributed by atoms with Crippen molar-refractivity contribution in [3.8, 4) is 17.2 Å². The first-order valence-corrected chi connectivity index (χ1v) is 14.0. The summed E-state index contributed by atoms with van der Waals surface area (Å²) in [5.41, 5.74) is -0.00970. The van der Waals surface area contributed by atoms with Crippen molar-refractivity contribution in [2.45, 2.75) is 13.0 Å². The highest BCUT2D eigenvalue weighted by Gasteiger charge is 2.43. The molecule has 1 atom stereocenters. The summed E-state index contributed by atoms with van der Waals surface area (Å²) in [7, 11) is -2.23. The van der Waals surface area contributed by atoms with Crippen LogP contribution in [0, 0.1) is 0 Å². The molecule has 4 rings (SSSR count). The fourth-order valence-electron chi connectivity index (χ4n) is 4.30. The number of azo groups is 1. The molecule has 1 unspecified atom stereocenters. The molecule has 12 nitrogen and oxygen atoms in total. The van der Waals surface area contributed by atoms with Gasteiger partial charge in [-0.2, -0.15) is 5.11 Å². The van der Waals surface area contributed by atoms with E-state index < -0.39 is 45.2 Å². The number of ether oxygens (including phenoxy) is 2. The molecule has 2 amide bonds. The Hall–Kier alpha value is -4.78. The quantitative estimate of drug-likeness (QED) is 0.268. The van der Waals surface area contributed by atoms with Crippen molar-refractivity contribution in [2.75, 3.05) is 25.7 Å². The van der Waals surface area contributed by atoms with Crippen LogP contribution in [0.4, 0.5) is 11.4 Å². The number of imide groups is 1. The average molecular weight is 568 g/mol. The van der Waals surface area contributed by atoms with Gasteiger partial charge >= 0.3 is 5.97 Å². The highest BCUT2D eigenvalue weighted by molar-refractivity contribution is 7.90. The van der Waals surface area contributed by atoms with Gasteiger partial charge in [-0.25, -0.2) is 13.2 Å². The predicted octanol–water partition coefficient (Wildman–Crippen LogP) is 4.30. The van der Waals surface area contributed by atoms with Gasteiger partial charge in [0.15, 0.2) is 11.5 Å². The van der Waals surface area contributed by atoms with Gasteiger partial charge in [-0.15, -0.1) is 5.11 Å². The molecule has 1 heterocycles. The van der Waals surface area contributed by atoms with Gasteiger partial charge < -0.3 is 19.7 Å². The van der Waals surface area contributed by atoms with Crippen molar-refractivity contribution >= 4 is 39.0 Å². The molecule has 0 bridgehead atoms. The summed E-state index contributed by atoms with van der Waals surface area (Å²) in [5, 5.41) is 27.0. The van der Waals surface area contributed by atoms with Crippen LogP contribution < -0.4 is 9.47 Å². The molecule has 208 valence electrons. The Labute approximate surface area is 229 Å². The average Bonchev–Trinajstić information content (AvgIpc) is 3.16. The molecule has 0 spiro atoms. The Balaban J connectivity index is 1.77. The van der Waals surface area contributed by atoms with E-state index in [0.29, 0.717) is 23.7 Å². The number of methoxy groups -OCH3 is 1. The Morgan fingerprint density at radius 1 is 1.02 bits per heavy atom. The van der Waals surface area contributed by atoms with Crippen LogP contribution in [0.3, 0.4) is 0 Å². The second kappa shape index (κ2) is 11.1. The lowest BCUT2D eigenvalue weighted by Gasteiger charge is -2.26. The normalized spacial score (nSPS) is 13.9. The van der Waals surface area contributed by atoms with Crippen molar-refractivity contribution in [2.24, 2.45) is 10.2 Å². The van der Waals surface area contributed by atoms with Crippen LogP contribution in [-0.4, -0.2) is 67.0 Å². The zero-order valence-electron chi connectivity index (χ0n) is 21.7. The molecule has 13 heteroatoms. The van der Waals surface area contributed by atoms with Gasteiger partial charge in [0, 0.05) is 6.26 Å². The molecule has 3 aromatic rings. The van der Waals surface area contributed by atoms with Crippen LogP contribution >= 0.6 is 0 Å². The molecule has 0 saturated heterocycles. The molecule has 0 saturated carbocycles. The van der Waals surface area contributed by atoms with E-state index in [1.54, 1.807) is 19.1 Å². The van der Waals surface area contributed by atoms with Gasteiger partial charge in [-0.1, -0.05) is 12.1 Å². The Bertz CT molecular complexity index is 1650. The lowest BCUT2D eigenvalue weighted by atomic mass is 10.1. The first-order chi connectivity index (χ1) is 18.9. The van der Waals surface area contributed by atoms with E-state index in [4.69, 9.17) is 9.47 Å². The van der Waals surface area contributed by atoms with E-state index in [-0.39, 0.29) is 28.1 Å². The molecular weight excluding hydrogens is 542 g/mol. The summed E-state index contributed by atoms with van der Waals surface area (Å²) in [4.78, 5) is 39.4. The zero-order valence-corrected chi connectivity index (χ0v) is 22.5. The zero-order chi connectivity index (χ0) is 29.2. The minimum Gasteiger partial charge on any atom is -0.507 e. The lowest BCUT2D eigenvalue weighted by Crippen LogP contribution is -2.37. The van der Waals surface area contributed by atoms with Gasteiger partial charge in [-0.3, -0.25) is 14.5 Å². The number of hydrogen-bond donors (Lipinski definition) is 2. The van der Waals surface area contributed by atoms with Gasteiger partial charge in [0.1, 0.15) is 21.2 Å². The number of aromatic carboxylic acids is 1. The SMILES string of the molecule is CCOc1cc(C(CS(C)(=O)=O)N2C(=O)c3cccc(/N=N/c4ccc(O)c(C(=O)O)c4)c3C2=O)ccc1OC. The van der Waals surface area contributed by atoms with Gasteiger partial charge in [-0.05, 0) is 55.0 Å². The monoisotopic (exact) mass is 567 g/mol. The maximum atomic E-state index is 13.7. The smallest absolute Gasteiger partial charge is 0.339 e. The lowest BCUT2D eigenvalue weighted by molar-refractivity contribution is 0.0596. The Kier molecular flexibility index (Phi) is 7.86. The summed E-state index contributed by atoms with van der Waals surface area (Å²) in [6, 6.07) is 11.4. The first-order valence-electron chi connectivity index (χ1n) is 11.9. The summed E-state index contributed by atoms with van der Waals surface area (Å²) in [6.45, 7) is 2.06. The Morgan fingerprint density at radius 2 is 1.77 bits per heavy atom. The highest BCUT2D eigenvalue weighted by Crippen LogP contribution is 2.39. The number of rotatable bonds is 10. The Morgan fingerprint density at radius 3 is 2.42 bits per heavy atom. The molecule has 0 radical (unpaired) electrons. The van der Waals surface area contributed by atoms with Gasteiger partial charge in [0.05, 0.1) is 48.0 Å². The topological polar surface area (TPSA) is 172 Å². The highest BCUT2D eigenvalue weighted by atomic mass is 32.2. The molecular formula is C27H25N3O9S. The fraction of sp³-hybridized carbons (Fsp3) is 0.222. The van der Waals surface area contributed by atoms with Crippen LogP contribution in [0.2, 0.25) is 0 Å². The van der Waals surface area contributed by atoms with E-state index in [9.17, 15) is 33.0 Å². The van der Waals surface area contributed by atoms with Gasteiger partial charge in [0.2, 0.25) is 0 Å². The van der Waals surface area contributed by atoms with Crippen LogP contribution in [0.25, 0.3) is 0 Å². The van der Waals surface area contributed by atoms with Crippen LogP contribution in [-0.2, 0) is 9.84 Å². The third-order valence-corrected chi connectivity index (χ3v) is 6.97. The molecule has 0 aliphatic carbocycles. The van der Waals surface area contributed by atoms with Crippen LogP contribution in [0.5, 0.6) is 17.2 Å². The molecule has 1 aliphatic rings. The van der Waals surface area contributed by atoms with Crippen molar-refractivity contribution in [3.05, 3.63) is 76.9 Å². The molecule has 40 heavy (non-hydrogen) atoms. The summed E-state index contributed by atoms with van der Waals surface area (Å²) < 4.78 is 35.7. The predicted molar refractivity (Wildman–Crippen MR) is 143 cm³/mol. The number of hydrogen-bond acceptors (Lipinski definition) is 10. The summed E-state index contributed by atoms with van der Waals surface area (Å²) in [6.07, 6.45) is 1.01. The van der Waals surface area contributed by atoms with E-state index in [2.05, 4.69) is 10.2 Å². The van der Waals surface area contributed by atoms with Crippen molar-refractivity contribution in [3.63, 3.8) is 0 Å². The molecule has 0 aromatic heterocycles. The maximum absolute atomic E-state index is 13.7. The number of carbonyl (C=O) groups excluding carboxylic acids is 2. The minimum atomic E-state index is -3.68. The summed E-state index contributed by atoms with van der Waals surface area (Å²) >= 11 is 0. The second-order valence-electron chi connectivity index (χ2n) is 8.84. The van der Waals surface area contributed by atoms with E-state index in [1.165, 1.54) is 37.4 Å². The van der Waals surface area contributed by atoms with Crippen LogP contribution in [0.1, 0.15) is 49.6 Å². The van der Waals surface area contributed by atoms with Crippen molar-refractivity contribution in [1.82, 2.24) is 4.90 Å². The number of fused-ring (bicyclic) bond motifs is 1. The van der Waals surface area contributed by atoms with Crippen LogP contribution in [0.15, 0.2) is 64.8 Å². The number of carbonyl (C=O) groups is 3. The molecule has 2 N–H and O–H groups in total. The standard InChI is InChI=1S/C27H25N3O9S/c1-4-39-23-12-15(8-11-22(23)38-2)20(14-40(3,36)37)30-25(32)17-6-5-7-19(24(17)26(30)33)29-28-16-9-10-21(31)18(13-16)27(34)35/h5-13,20,31H,4,14H2,1-3H3,(H,34,35)/b29-28+. The van der Waals surface area contributed by atoms with Gasteiger partial charge in [0.25, 0.3) is 11.8 Å². The number of carboxylic acid groups (broad SMARTS) is 1. The third kappa shape index (κ3) is 5.64. The van der Waals surface area contributed by atoms with E-state index in [1.807, 2.05) is 0 Å². The second-order valence-corrected chi connectivity index (χ2v) is 11.0. The number of amides is 2. The maximum Gasteiger partial charge on any atom is 0.339 e. The first kappa shape index (κ1) is 28.2. The third-order valence-electron chi connectivity index (χ3n) is 6.05. The number of phenols is 1.